The van der Waals surface area contributed by atoms with Gasteiger partial charge in [0.05, 0.1) is 12.6 Å². The zero-order chi connectivity index (χ0) is 15.4. The van der Waals surface area contributed by atoms with Crippen LogP contribution in [0.1, 0.15) is 36.4 Å². The largest absolute Gasteiger partial charge is 0.383 e. The van der Waals surface area contributed by atoms with Gasteiger partial charge in [0, 0.05) is 30.6 Å². The average molecular weight is 355 g/mol. The van der Waals surface area contributed by atoms with Gasteiger partial charge in [0.25, 0.3) is 0 Å². The highest BCUT2D eigenvalue weighted by Crippen LogP contribution is 2.34. The van der Waals surface area contributed by atoms with Crippen LogP contribution in [-0.2, 0) is 9.53 Å². The number of hydrogen-bond donors (Lipinski definition) is 1. The second-order valence-corrected chi connectivity index (χ2v) is 6.46. The number of carbonyl (C=O) groups excluding carboxylic acids is 1. The Kier molecular flexibility index (Phi) is 5.79. The number of benzene rings is 1. The van der Waals surface area contributed by atoms with Crippen LogP contribution in [0, 0.1) is 6.92 Å². The lowest BCUT2D eigenvalue weighted by Gasteiger charge is -2.34. The number of nitrogens with two attached hydrogens (primary N) is 1. The molecule has 0 bridgehead atoms. The van der Waals surface area contributed by atoms with Crippen molar-refractivity contribution in [3.05, 3.63) is 33.8 Å². The zero-order valence-electron chi connectivity index (χ0n) is 12.6. The van der Waals surface area contributed by atoms with E-state index in [1.165, 1.54) is 5.56 Å². The molecule has 116 valence electrons. The molecule has 21 heavy (non-hydrogen) atoms. The highest BCUT2D eigenvalue weighted by Gasteiger charge is 2.33. The number of rotatable bonds is 4. The second-order valence-electron chi connectivity index (χ2n) is 5.61. The van der Waals surface area contributed by atoms with Crippen LogP contribution in [0.4, 0.5) is 0 Å². The summed E-state index contributed by atoms with van der Waals surface area (Å²) in [4.78, 5) is 14.3. The van der Waals surface area contributed by atoms with Crippen molar-refractivity contribution in [1.82, 2.24) is 4.90 Å². The van der Waals surface area contributed by atoms with Gasteiger partial charge in [0.1, 0.15) is 0 Å². The first-order valence-electron chi connectivity index (χ1n) is 7.34. The van der Waals surface area contributed by atoms with E-state index in [9.17, 15) is 4.79 Å². The molecule has 0 aliphatic carbocycles. The fraction of sp³-hybridized carbons (Fsp3) is 0.562. The van der Waals surface area contributed by atoms with E-state index < -0.39 is 0 Å². The summed E-state index contributed by atoms with van der Waals surface area (Å²) in [5, 5.41) is 0. The molecule has 0 spiro atoms. The van der Waals surface area contributed by atoms with Crippen molar-refractivity contribution in [2.75, 3.05) is 20.3 Å². The van der Waals surface area contributed by atoms with E-state index in [0.29, 0.717) is 19.6 Å². The minimum atomic E-state index is -0.0925. The van der Waals surface area contributed by atoms with E-state index >= 15 is 0 Å². The molecule has 0 saturated carbocycles. The summed E-state index contributed by atoms with van der Waals surface area (Å²) < 4.78 is 6.17. The summed E-state index contributed by atoms with van der Waals surface area (Å²) in [5.41, 5.74) is 8.65. The Labute approximate surface area is 134 Å². The van der Waals surface area contributed by atoms with E-state index in [2.05, 4.69) is 41.1 Å². The van der Waals surface area contributed by atoms with E-state index in [1.807, 2.05) is 4.90 Å². The smallest absolute Gasteiger partial charge is 0.223 e. The van der Waals surface area contributed by atoms with Gasteiger partial charge in [-0.25, -0.2) is 0 Å². The molecule has 1 fully saturated rings. The Balaban J connectivity index is 2.38. The number of nitrogens with zero attached hydrogens (tertiary/aromatic N) is 1. The maximum Gasteiger partial charge on any atom is 0.223 e. The number of amides is 1. The number of ether oxygens (including phenoxy) is 1. The molecule has 2 rings (SSSR count). The van der Waals surface area contributed by atoms with Crippen molar-refractivity contribution in [3.63, 3.8) is 0 Å². The standard InChI is InChI=1S/C16H23BrN2O2/c1-11-6-7-12(13(17)10-11)16-14(18)4-3-5-15(20)19(16)8-9-21-2/h6-7,10,14,16H,3-5,8-9,18H2,1-2H3. The summed E-state index contributed by atoms with van der Waals surface area (Å²) in [6, 6.07) is 6.07. The van der Waals surface area contributed by atoms with Gasteiger partial charge in [-0.15, -0.1) is 0 Å². The summed E-state index contributed by atoms with van der Waals surface area (Å²) >= 11 is 3.63. The summed E-state index contributed by atoms with van der Waals surface area (Å²) in [6.07, 6.45) is 2.28. The first-order valence-corrected chi connectivity index (χ1v) is 8.14. The Bertz CT molecular complexity index is 507. The molecule has 1 aliphatic heterocycles. The molecule has 1 amide bonds. The third kappa shape index (κ3) is 3.84. The molecule has 0 radical (unpaired) electrons. The number of methoxy groups -OCH3 is 1. The predicted octanol–water partition coefficient (Wildman–Crippen LogP) is 2.78. The minimum Gasteiger partial charge on any atom is -0.383 e. The lowest BCUT2D eigenvalue weighted by molar-refractivity contribution is -0.134. The van der Waals surface area contributed by atoms with Crippen LogP contribution in [0.3, 0.4) is 0 Å². The number of likely N-dealkylation sites (tertiary alicyclic amines) is 1. The van der Waals surface area contributed by atoms with Gasteiger partial charge in [-0.1, -0.05) is 28.1 Å². The maximum absolute atomic E-state index is 12.4. The Morgan fingerprint density at radius 1 is 1.48 bits per heavy atom. The van der Waals surface area contributed by atoms with Gasteiger partial charge in [-0.2, -0.15) is 0 Å². The van der Waals surface area contributed by atoms with E-state index in [1.54, 1.807) is 7.11 Å². The van der Waals surface area contributed by atoms with E-state index in [-0.39, 0.29) is 18.0 Å². The van der Waals surface area contributed by atoms with Gasteiger partial charge >= 0.3 is 0 Å². The Morgan fingerprint density at radius 2 is 2.24 bits per heavy atom. The highest BCUT2D eigenvalue weighted by molar-refractivity contribution is 9.10. The topological polar surface area (TPSA) is 55.6 Å². The number of halogens is 1. The van der Waals surface area contributed by atoms with Crippen LogP contribution in [0.5, 0.6) is 0 Å². The monoisotopic (exact) mass is 354 g/mol. The third-order valence-electron chi connectivity index (χ3n) is 4.00. The lowest BCUT2D eigenvalue weighted by atomic mass is 9.95. The summed E-state index contributed by atoms with van der Waals surface area (Å²) in [6.45, 7) is 3.15. The quantitative estimate of drug-likeness (QED) is 0.904. The SMILES string of the molecule is COCCN1C(=O)CCCC(N)C1c1ccc(C)cc1Br. The average Bonchev–Trinajstić information content (AvgIpc) is 2.56. The van der Waals surface area contributed by atoms with Gasteiger partial charge < -0.3 is 15.4 Å². The van der Waals surface area contributed by atoms with Crippen LogP contribution in [-0.4, -0.2) is 37.1 Å². The summed E-state index contributed by atoms with van der Waals surface area (Å²) in [5.74, 6) is 0.164. The molecule has 1 heterocycles. The number of carbonyl (C=O) groups is 1. The van der Waals surface area contributed by atoms with Crippen LogP contribution < -0.4 is 5.73 Å². The maximum atomic E-state index is 12.4. The molecule has 2 atom stereocenters. The van der Waals surface area contributed by atoms with Gasteiger partial charge in [-0.3, -0.25) is 4.79 Å². The summed E-state index contributed by atoms with van der Waals surface area (Å²) in [7, 11) is 1.65. The molecular weight excluding hydrogens is 332 g/mol. The minimum absolute atomic E-state index is 0.0488. The predicted molar refractivity (Wildman–Crippen MR) is 87.0 cm³/mol. The molecule has 2 unspecified atom stereocenters. The fourth-order valence-electron chi connectivity index (χ4n) is 2.90. The third-order valence-corrected chi connectivity index (χ3v) is 4.69. The van der Waals surface area contributed by atoms with E-state index in [4.69, 9.17) is 10.5 Å². The molecule has 5 heteroatoms. The Hall–Kier alpha value is -0.910. The molecule has 1 aromatic carbocycles. The molecular formula is C16H23BrN2O2. The number of aryl methyl sites for hydroxylation is 1. The lowest BCUT2D eigenvalue weighted by Crippen LogP contribution is -2.43. The molecule has 4 nitrogen and oxygen atoms in total. The van der Waals surface area contributed by atoms with Crippen molar-refractivity contribution in [2.24, 2.45) is 5.73 Å². The molecule has 1 saturated heterocycles. The second kappa shape index (κ2) is 7.38. The molecule has 0 aromatic heterocycles. The van der Waals surface area contributed by atoms with Gasteiger partial charge in [0.2, 0.25) is 5.91 Å². The van der Waals surface area contributed by atoms with Crippen molar-refractivity contribution in [1.29, 1.82) is 0 Å². The number of hydrogen-bond acceptors (Lipinski definition) is 3. The van der Waals surface area contributed by atoms with Gasteiger partial charge in [0.15, 0.2) is 0 Å². The first kappa shape index (κ1) is 16.5. The van der Waals surface area contributed by atoms with Crippen LogP contribution >= 0.6 is 15.9 Å². The van der Waals surface area contributed by atoms with Crippen LogP contribution in [0.25, 0.3) is 0 Å². The van der Waals surface area contributed by atoms with Gasteiger partial charge in [-0.05, 0) is 37.0 Å². The first-order chi connectivity index (χ1) is 10.0. The zero-order valence-corrected chi connectivity index (χ0v) is 14.2. The van der Waals surface area contributed by atoms with E-state index in [0.717, 1.165) is 22.9 Å². The van der Waals surface area contributed by atoms with Crippen molar-refractivity contribution in [3.8, 4) is 0 Å². The van der Waals surface area contributed by atoms with Crippen LogP contribution in [0.15, 0.2) is 22.7 Å². The van der Waals surface area contributed by atoms with Crippen LogP contribution in [0.2, 0.25) is 0 Å². The van der Waals surface area contributed by atoms with Crippen molar-refractivity contribution >= 4 is 21.8 Å². The molecule has 2 N–H and O–H groups in total. The molecule has 1 aromatic rings. The fourth-order valence-corrected chi connectivity index (χ4v) is 3.63. The molecule has 1 aliphatic rings. The highest BCUT2D eigenvalue weighted by atomic mass is 79.9. The Morgan fingerprint density at radius 3 is 2.90 bits per heavy atom. The van der Waals surface area contributed by atoms with Crippen molar-refractivity contribution < 1.29 is 9.53 Å². The normalized spacial score (nSPS) is 23.2. The van der Waals surface area contributed by atoms with Crippen molar-refractivity contribution in [2.45, 2.75) is 38.3 Å².